The van der Waals surface area contributed by atoms with Crippen molar-refractivity contribution >= 4 is 23.2 Å². The van der Waals surface area contributed by atoms with Crippen molar-refractivity contribution in [2.45, 2.75) is 20.4 Å². The molecular formula is C26H27N3O2. The Labute approximate surface area is 183 Å². The zero-order valence-electron chi connectivity index (χ0n) is 18.2. The Bertz CT molecular complexity index is 1120. The van der Waals surface area contributed by atoms with Gasteiger partial charge in [-0.2, -0.15) is 0 Å². The molecule has 1 heterocycles. The fourth-order valence-corrected chi connectivity index (χ4v) is 3.93. The molecule has 1 aliphatic rings. The number of fused-ring (bicyclic) bond motifs is 1. The second-order valence-corrected chi connectivity index (χ2v) is 8.10. The van der Waals surface area contributed by atoms with Gasteiger partial charge in [0.15, 0.2) is 0 Å². The number of likely N-dealkylation sites (N-methyl/N-ethyl adjacent to an activating group) is 1. The predicted molar refractivity (Wildman–Crippen MR) is 125 cm³/mol. The number of nitrogens with zero attached hydrogens (tertiary/aromatic N) is 2. The summed E-state index contributed by atoms with van der Waals surface area (Å²) in [6, 6.07) is 20.9. The van der Waals surface area contributed by atoms with E-state index in [0.717, 1.165) is 35.5 Å². The Morgan fingerprint density at radius 3 is 2.39 bits per heavy atom. The van der Waals surface area contributed by atoms with E-state index in [2.05, 4.69) is 23.3 Å². The van der Waals surface area contributed by atoms with Crippen molar-refractivity contribution in [2.24, 2.45) is 0 Å². The van der Waals surface area contributed by atoms with E-state index in [-0.39, 0.29) is 11.8 Å². The minimum Gasteiger partial charge on any atom is -0.322 e. The molecule has 5 heteroatoms. The number of para-hydroxylation sites is 1. The average Bonchev–Trinajstić information content (AvgIpc) is 2.93. The van der Waals surface area contributed by atoms with E-state index in [1.54, 1.807) is 24.3 Å². The molecule has 158 valence electrons. The largest absolute Gasteiger partial charge is 0.322 e. The topological polar surface area (TPSA) is 52.7 Å². The maximum absolute atomic E-state index is 13.3. The molecular weight excluding hydrogens is 386 g/mol. The maximum atomic E-state index is 13.3. The smallest absolute Gasteiger partial charge is 0.258 e. The van der Waals surface area contributed by atoms with Gasteiger partial charge in [-0.3, -0.25) is 9.59 Å². The van der Waals surface area contributed by atoms with Crippen LogP contribution < -0.4 is 10.2 Å². The number of carbonyl (C=O) groups is 2. The van der Waals surface area contributed by atoms with Crippen LogP contribution in [0.4, 0.5) is 11.4 Å². The summed E-state index contributed by atoms with van der Waals surface area (Å²) in [5.74, 6) is -0.181. The highest BCUT2D eigenvalue weighted by Crippen LogP contribution is 2.26. The second kappa shape index (κ2) is 8.74. The zero-order valence-corrected chi connectivity index (χ0v) is 18.2. The molecule has 0 atom stereocenters. The Morgan fingerprint density at radius 2 is 1.61 bits per heavy atom. The lowest BCUT2D eigenvalue weighted by Crippen LogP contribution is -2.35. The molecule has 0 bridgehead atoms. The molecule has 0 aromatic heterocycles. The van der Waals surface area contributed by atoms with Crippen molar-refractivity contribution < 1.29 is 9.59 Å². The van der Waals surface area contributed by atoms with Crippen molar-refractivity contribution in [3.8, 4) is 0 Å². The van der Waals surface area contributed by atoms with Gasteiger partial charge < -0.3 is 15.1 Å². The SMILES string of the molecule is Cc1cccc(C(=O)Nc2ccc(C(=O)N3CCN(C)Cc4ccccc43)cc2)c1C. The van der Waals surface area contributed by atoms with Gasteiger partial charge in [0.2, 0.25) is 0 Å². The predicted octanol–water partition coefficient (Wildman–Crippen LogP) is 4.65. The lowest BCUT2D eigenvalue weighted by atomic mass is 10.0. The van der Waals surface area contributed by atoms with Crippen LogP contribution in [0.5, 0.6) is 0 Å². The van der Waals surface area contributed by atoms with Crippen molar-refractivity contribution in [3.63, 3.8) is 0 Å². The normalized spacial score (nSPS) is 14.0. The van der Waals surface area contributed by atoms with E-state index in [1.165, 1.54) is 0 Å². The number of amides is 2. The molecule has 3 aromatic carbocycles. The van der Waals surface area contributed by atoms with E-state index in [0.29, 0.717) is 23.4 Å². The van der Waals surface area contributed by atoms with Gasteiger partial charge in [0.05, 0.1) is 0 Å². The van der Waals surface area contributed by atoms with Crippen LogP contribution in [-0.4, -0.2) is 36.9 Å². The number of benzene rings is 3. The van der Waals surface area contributed by atoms with Gasteiger partial charge in [0.1, 0.15) is 0 Å². The molecule has 4 rings (SSSR count). The molecule has 0 saturated heterocycles. The minimum atomic E-state index is -0.148. The molecule has 0 spiro atoms. The quantitative estimate of drug-likeness (QED) is 0.680. The van der Waals surface area contributed by atoms with Gasteiger partial charge in [-0.25, -0.2) is 0 Å². The summed E-state index contributed by atoms with van der Waals surface area (Å²) in [5.41, 5.74) is 6.08. The van der Waals surface area contributed by atoms with Crippen molar-refractivity contribution in [1.82, 2.24) is 4.90 Å². The van der Waals surface area contributed by atoms with Gasteiger partial charge in [-0.1, -0.05) is 30.3 Å². The summed E-state index contributed by atoms with van der Waals surface area (Å²) in [4.78, 5) is 30.0. The molecule has 0 unspecified atom stereocenters. The number of hydrogen-bond donors (Lipinski definition) is 1. The number of nitrogens with one attached hydrogen (secondary N) is 1. The monoisotopic (exact) mass is 413 g/mol. The lowest BCUT2D eigenvalue weighted by Gasteiger charge is -2.23. The second-order valence-electron chi connectivity index (χ2n) is 8.10. The standard InChI is InChI=1S/C26H27N3O2/c1-18-7-6-9-23(19(18)2)25(30)27-22-13-11-20(12-14-22)26(31)29-16-15-28(3)17-21-8-4-5-10-24(21)29/h4-14H,15-17H2,1-3H3,(H,27,30). The highest BCUT2D eigenvalue weighted by atomic mass is 16.2. The number of carbonyl (C=O) groups excluding carboxylic acids is 2. The van der Waals surface area contributed by atoms with Crippen molar-refractivity contribution in [1.29, 1.82) is 0 Å². The van der Waals surface area contributed by atoms with Crippen LogP contribution in [0.15, 0.2) is 66.7 Å². The number of rotatable bonds is 3. The van der Waals surface area contributed by atoms with Crippen molar-refractivity contribution in [2.75, 3.05) is 30.4 Å². The number of hydrogen-bond acceptors (Lipinski definition) is 3. The first kappa shape index (κ1) is 20.8. The fourth-order valence-electron chi connectivity index (χ4n) is 3.93. The van der Waals surface area contributed by atoms with Gasteiger partial charge in [0.25, 0.3) is 11.8 Å². The third kappa shape index (κ3) is 4.37. The lowest BCUT2D eigenvalue weighted by molar-refractivity contribution is 0.0984. The maximum Gasteiger partial charge on any atom is 0.258 e. The van der Waals surface area contributed by atoms with Gasteiger partial charge in [-0.05, 0) is 74.0 Å². The summed E-state index contributed by atoms with van der Waals surface area (Å²) in [7, 11) is 2.07. The molecule has 2 amide bonds. The van der Waals surface area contributed by atoms with Crippen LogP contribution in [0.2, 0.25) is 0 Å². The van der Waals surface area contributed by atoms with E-state index < -0.39 is 0 Å². The third-order valence-electron chi connectivity index (χ3n) is 5.91. The van der Waals surface area contributed by atoms with Crippen LogP contribution in [0.1, 0.15) is 37.4 Å². The average molecular weight is 414 g/mol. The van der Waals surface area contributed by atoms with Gasteiger partial charge >= 0.3 is 0 Å². The van der Waals surface area contributed by atoms with E-state index >= 15 is 0 Å². The summed E-state index contributed by atoms with van der Waals surface area (Å²) in [6.45, 7) is 6.21. The molecule has 0 radical (unpaired) electrons. The van der Waals surface area contributed by atoms with E-state index in [1.807, 2.05) is 55.1 Å². The molecule has 31 heavy (non-hydrogen) atoms. The molecule has 0 fully saturated rings. The number of aryl methyl sites for hydroxylation is 1. The molecule has 5 nitrogen and oxygen atoms in total. The Balaban J connectivity index is 1.52. The summed E-state index contributed by atoms with van der Waals surface area (Å²) < 4.78 is 0. The summed E-state index contributed by atoms with van der Waals surface area (Å²) in [6.07, 6.45) is 0. The highest BCUT2D eigenvalue weighted by Gasteiger charge is 2.23. The first-order valence-electron chi connectivity index (χ1n) is 10.5. The van der Waals surface area contributed by atoms with Crippen LogP contribution in [0.3, 0.4) is 0 Å². The molecule has 1 aliphatic heterocycles. The molecule has 0 saturated carbocycles. The molecule has 0 aliphatic carbocycles. The molecule has 3 aromatic rings. The summed E-state index contributed by atoms with van der Waals surface area (Å²) in [5, 5.41) is 2.93. The van der Waals surface area contributed by atoms with Crippen LogP contribution in [0, 0.1) is 13.8 Å². The molecule has 1 N–H and O–H groups in total. The van der Waals surface area contributed by atoms with Gasteiger partial charge in [-0.15, -0.1) is 0 Å². The van der Waals surface area contributed by atoms with E-state index in [9.17, 15) is 9.59 Å². The highest BCUT2D eigenvalue weighted by molar-refractivity contribution is 6.08. The third-order valence-corrected chi connectivity index (χ3v) is 5.91. The van der Waals surface area contributed by atoms with Crippen LogP contribution >= 0.6 is 0 Å². The van der Waals surface area contributed by atoms with Crippen molar-refractivity contribution in [3.05, 3.63) is 94.5 Å². The Hall–Kier alpha value is -3.44. The number of anilines is 2. The van der Waals surface area contributed by atoms with Crippen LogP contribution in [-0.2, 0) is 6.54 Å². The van der Waals surface area contributed by atoms with Gasteiger partial charge in [0, 0.05) is 42.1 Å². The van der Waals surface area contributed by atoms with E-state index in [4.69, 9.17) is 0 Å². The zero-order chi connectivity index (χ0) is 22.0. The first-order chi connectivity index (χ1) is 14.9. The minimum absolute atomic E-state index is 0.0323. The Kier molecular flexibility index (Phi) is 5.87. The Morgan fingerprint density at radius 1 is 0.871 bits per heavy atom. The van der Waals surface area contributed by atoms with Crippen LogP contribution in [0.25, 0.3) is 0 Å². The first-order valence-corrected chi connectivity index (χ1v) is 10.5. The summed E-state index contributed by atoms with van der Waals surface area (Å²) >= 11 is 0. The fraction of sp³-hybridized carbons (Fsp3) is 0.231.